The number of amides is 1. The zero-order valence-corrected chi connectivity index (χ0v) is 18.7. The molecule has 0 saturated carbocycles. The summed E-state index contributed by atoms with van der Waals surface area (Å²) in [7, 11) is 0. The van der Waals surface area contributed by atoms with Crippen LogP contribution in [0.1, 0.15) is 28.7 Å². The summed E-state index contributed by atoms with van der Waals surface area (Å²) in [4.78, 5) is 46.1. The van der Waals surface area contributed by atoms with Crippen molar-refractivity contribution in [2.24, 2.45) is 0 Å². The number of hydrogen-bond acceptors (Lipinski definition) is 8. The number of hydrogen-bond donors (Lipinski definition) is 2. The van der Waals surface area contributed by atoms with E-state index in [-0.39, 0.29) is 35.6 Å². The lowest BCUT2D eigenvalue weighted by molar-refractivity contribution is -0.137. The second kappa shape index (κ2) is 9.58. The van der Waals surface area contributed by atoms with Gasteiger partial charge in [0.1, 0.15) is 6.61 Å². The minimum Gasteiger partial charge on any atom is -0.461 e. The largest absolute Gasteiger partial charge is 0.461 e. The van der Waals surface area contributed by atoms with Crippen LogP contribution in [0, 0.1) is 0 Å². The third-order valence-electron chi connectivity index (χ3n) is 4.62. The quantitative estimate of drug-likeness (QED) is 0.376. The molecule has 0 spiro atoms. The first kappa shape index (κ1) is 23.9. The summed E-state index contributed by atoms with van der Waals surface area (Å²) in [6.45, 7) is 1.23. The number of carbonyl (C=O) groups excluding carboxylic acids is 2. The van der Waals surface area contributed by atoms with E-state index in [0.29, 0.717) is 5.69 Å². The Morgan fingerprint density at radius 3 is 2.74 bits per heavy atom. The molecule has 0 aliphatic heterocycles. The molecular formula is C21H16F3N5O5S. The van der Waals surface area contributed by atoms with Crippen LogP contribution in [-0.4, -0.2) is 38.2 Å². The van der Waals surface area contributed by atoms with Crippen LogP contribution in [0.2, 0.25) is 0 Å². The van der Waals surface area contributed by atoms with E-state index >= 15 is 0 Å². The second-order valence-corrected chi connectivity index (χ2v) is 7.78. The number of nitrogens with one attached hydrogen (secondary N) is 2. The summed E-state index contributed by atoms with van der Waals surface area (Å²) in [5, 5.41) is 5.96. The summed E-state index contributed by atoms with van der Waals surface area (Å²) in [5.74, 6) is -1.00. The molecule has 14 heteroatoms. The van der Waals surface area contributed by atoms with Crippen molar-refractivity contribution >= 4 is 40.1 Å². The highest BCUT2D eigenvalue weighted by Crippen LogP contribution is 2.35. The molecule has 10 nitrogen and oxygen atoms in total. The van der Waals surface area contributed by atoms with Gasteiger partial charge in [0.25, 0.3) is 5.56 Å². The van der Waals surface area contributed by atoms with E-state index in [0.717, 1.165) is 23.0 Å². The fourth-order valence-corrected chi connectivity index (χ4v) is 3.69. The molecule has 0 aliphatic carbocycles. The lowest BCUT2D eigenvalue weighted by Gasteiger charge is -2.14. The number of H-pyrrole nitrogens is 1. The Balaban J connectivity index is 1.66. The van der Waals surface area contributed by atoms with Gasteiger partial charge in [0, 0.05) is 11.6 Å². The van der Waals surface area contributed by atoms with Crippen LogP contribution >= 0.6 is 11.3 Å². The van der Waals surface area contributed by atoms with Crippen LogP contribution in [0.25, 0.3) is 16.7 Å². The van der Waals surface area contributed by atoms with Crippen LogP contribution in [0.4, 0.5) is 23.7 Å². The summed E-state index contributed by atoms with van der Waals surface area (Å²) >= 11 is 1.38. The van der Waals surface area contributed by atoms with Crippen LogP contribution in [0.5, 0.6) is 0 Å². The second-order valence-electron chi connectivity index (χ2n) is 7.00. The topological polar surface area (TPSA) is 128 Å². The zero-order chi connectivity index (χ0) is 25.2. The number of aromatic amines is 1. The highest BCUT2D eigenvalue weighted by molar-refractivity contribution is 7.08. The maximum atomic E-state index is 13.8. The van der Waals surface area contributed by atoms with Crippen molar-refractivity contribution in [3.05, 3.63) is 68.8 Å². The fraction of sp³-hybridized carbons (Fsp3) is 0.190. The molecule has 35 heavy (non-hydrogen) atoms. The number of rotatable bonds is 6. The van der Waals surface area contributed by atoms with Crippen molar-refractivity contribution in [1.82, 2.24) is 19.5 Å². The van der Waals surface area contributed by atoms with Crippen molar-refractivity contribution in [1.29, 1.82) is 0 Å². The minimum atomic E-state index is -4.79. The lowest BCUT2D eigenvalue weighted by Crippen LogP contribution is -2.22. The van der Waals surface area contributed by atoms with Crippen molar-refractivity contribution in [2.45, 2.75) is 19.7 Å². The maximum absolute atomic E-state index is 13.8. The van der Waals surface area contributed by atoms with Gasteiger partial charge in [0.15, 0.2) is 0 Å². The van der Waals surface area contributed by atoms with E-state index in [4.69, 9.17) is 9.47 Å². The normalized spacial score (nSPS) is 11.4. The number of alkyl halides is 3. The molecule has 3 heterocycles. The van der Waals surface area contributed by atoms with Crippen LogP contribution in [0.3, 0.4) is 0 Å². The number of nitrogens with zero attached hydrogens (tertiary/aromatic N) is 3. The number of anilines is 1. The summed E-state index contributed by atoms with van der Waals surface area (Å²) in [5.41, 5.74) is -2.55. The predicted octanol–water partition coefficient (Wildman–Crippen LogP) is 4.11. The maximum Gasteiger partial charge on any atom is 0.418 e. The highest BCUT2D eigenvalue weighted by Gasteiger charge is 2.35. The Morgan fingerprint density at radius 2 is 2.06 bits per heavy atom. The molecule has 2 N–H and O–H groups in total. The molecule has 1 aromatic carbocycles. The van der Waals surface area contributed by atoms with Crippen molar-refractivity contribution in [2.75, 3.05) is 11.9 Å². The number of ether oxygens (including phenoxy) is 2. The van der Waals surface area contributed by atoms with E-state index in [2.05, 4.69) is 20.3 Å². The van der Waals surface area contributed by atoms with E-state index in [9.17, 15) is 27.6 Å². The third kappa shape index (κ3) is 5.32. The van der Waals surface area contributed by atoms with Crippen LogP contribution in [-0.2, 0) is 22.3 Å². The van der Waals surface area contributed by atoms with Crippen LogP contribution in [0.15, 0.2) is 46.3 Å². The average Bonchev–Trinajstić information content (AvgIpc) is 3.48. The average molecular weight is 507 g/mol. The first-order chi connectivity index (χ1) is 16.7. The van der Waals surface area contributed by atoms with Gasteiger partial charge in [-0.2, -0.15) is 24.5 Å². The summed E-state index contributed by atoms with van der Waals surface area (Å²) in [6, 6.07) is 3.46. The van der Waals surface area contributed by atoms with E-state index in [1.54, 1.807) is 16.8 Å². The van der Waals surface area contributed by atoms with Gasteiger partial charge in [-0.25, -0.2) is 19.6 Å². The predicted molar refractivity (Wildman–Crippen MR) is 119 cm³/mol. The molecule has 0 aliphatic rings. The van der Waals surface area contributed by atoms with Gasteiger partial charge >= 0.3 is 18.2 Å². The van der Waals surface area contributed by atoms with Crippen molar-refractivity contribution in [3.8, 4) is 5.69 Å². The lowest BCUT2D eigenvalue weighted by atomic mass is 10.1. The van der Waals surface area contributed by atoms with E-state index in [1.165, 1.54) is 24.5 Å². The molecule has 0 radical (unpaired) electrons. The first-order valence-electron chi connectivity index (χ1n) is 9.97. The van der Waals surface area contributed by atoms with Crippen molar-refractivity contribution < 1.29 is 32.2 Å². The Labute approximate surface area is 198 Å². The molecule has 0 atom stereocenters. The summed E-state index contributed by atoms with van der Waals surface area (Å²) < 4.78 is 52.3. The Hall–Kier alpha value is -4.20. The monoisotopic (exact) mass is 507 g/mol. The molecule has 182 valence electrons. The Kier molecular flexibility index (Phi) is 6.55. The fourth-order valence-electron chi connectivity index (χ4n) is 3.10. The van der Waals surface area contributed by atoms with Gasteiger partial charge in [-0.05, 0) is 30.5 Å². The standard InChI is InChI=1S/C21H16F3N5O5S/c1-2-33-19(31)17-18(30)28-14-5-13(21(22,23)24)16(6-15(14)27-17)29-7-12(25-10-29)8-34-20(32)26-11-3-4-35-9-11/h3-7,9-10H,2,8H2,1H3,(H,26,32)(H,28,30). The van der Waals surface area contributed by atoms with Crippen LogP contribution < -0.4 is 10.9 Å². The van der Waals surface area contributed by atoms with Gasteiger partial charge < -0.3 is 19.0 Å². The molecule has 0 fully saturated rings. The molecule has 0 unspecified atom stereocenters. The number of fused-ring (bicyclic) bond motifs is 1. The van der Waals surface area contributed by atoms with E-state index in [1.807, 2.05) is 0 Å². The van der Waals surface area contributed by atoms with Gasteiger partial charge in [0.2, 0.25) is 5.69 Å². The number of benzene rings is 1. The Morgan fingerprint density at radius 1 is 1.26 bits per heavy atom. The van der Waals surface area contributed by atoms with Crippen molar-refractivity contribution in [3.63, 3.8) is 0 Å². The van der Waals surface area contributed by atoms with Gasteiger partial charge in [0.05, 0.1) is 46.6 Å². The SMILES string of the molecule is CCOC(=O)c1nc2cc(-n3cnc(COC(=O)Nc4ccsc4)c3)c(C(F)(F)F)cc2[nH]c1=O. The molecule has 4 rings (SSSR count). The highest BCUT2D eigenvalue weighted by atomic mass is 32.1. The summed E-state index contributed by atoms with van der Waals surface area (Å²) in [6.07, 6.45) is -3.17. The van der Waals surface area contributed by atoms with Gasteiger partial charge in [-0.15, -0.1) is 0 Å². The molecular weight excluding hydrogens is 491 g/mol. The zero-order valence-electron chi connectivity index (χ0n) is 17.9. The number of carbonyl (C=O) groups is 2. The van der Waals surface area contributed by atoms with Gasteiger partial charge in [-0.1, -0.05) is 0 Å². The molecule has 0 saturated heterocycles. The smallest absolute Gasteiger partial charge is 0.418 e. The number of thiophene rings is 1. The van der Waals surface area contributed by atoms with Gasteiger partial charge in [-0.3, -0.25) is 10.1 Å². The number of aromatic nitrogens is 4. The molecule has 4 aromatic rings. The Bertz CT molecular complexity index is 1450. The number of imidazole rings is 1. The first-order valence-corrected chi connectivity index (χ1v) is 10.9. The molecule has 0 bridgehead atoms. The van der Waals surface area contributed by atoms with E-state index < -0.39 is 35.1 Å². The third-order valence-corrected chi connectivity index (χ3v) is 5.30. The molecule has 3 aromatic heterocycles. The molecule has 1 amide bonds. The number of halogens is 3. The number of esters is 1. The minimum absolute atomic E-state index is 0.0125.